The zero-order valence-corrected chi connectivity index (χ0v) is 17.7. The van der Waals surface area contributed by atoms with Crippen LogP contribution in [0.25, 0.3) is 11.5 Å². The van der Waals surface area contributed by atoms with Crippen molar-refractivity contribution in [1.29, 1.82) is 0 Å². The molecule has 32 heavy (non-hydrogen) atoms. The number of carbonyl (C=O) groups is 1. The van der Waals surface area contributed by atoms with Crippen molar-refractivity contribution in [3.8, 4) is 11.5 Å². The van der Waals surface area contributed by atoms with Crippen molar-refractivity contribution in [2.24, 2.45) is 0 Å². The maximum absolute atomic E-state index is 13.5. The van der Waals surface area contributed by atoms with Gasteiger partial charge in [-0.2, -0.15) is 13.2 Å². The Kier molecular flexibility index (Phi) is 5.03. The minimum Gasteiger partial charge on any atom is -0.413 e. The summed E-state index contributed by atoms with van der Waals surface area (Å²) in [6.45, 7) is 1.22. The molecule has 1 aromatic carbocycles. The third kappa shape index (κ3) is 3.57. The lowest BCUT2D eigenvalue weighted by atomic mass is 10.1. The van der Waals surface area contributed by atoms with Crippen molar-refractivity contribution < 1.29 is 22.4 Å². The van der Waals surface area contributed by atoms with Gasteiger partial charge < -0.3 is 14.2 Å². The fraction of sp³-hybridized carbons (Fsp3) is 0.350. The molecule has 0 N–H and O–H groups in total. The second kappa shape index (κ2) is 7.76. The number of halogens is 3. The Morgan fingerprint density at radius 2 is 2.09 bits per heavy atom. The molecule has 5 rings (SSSR count). The molecule has 166 valence electrons. The van der Waals surface area contributed by atoms with E-state index in [4.69, 9.17) is 4.42 Å². The predicted octanol–water partition coefficient (Wildman–Crippen LogP) is 3.90. The largest absolute Gasteiger partial charge is 0.470 e. The molecule has 0 aliphatic carbocycles. The number of alkyl halides is 3. The van der Waals surface area contributed by atoms with E-state index < -0.39 is 12.1 Å². The van der Waals surface area contributed by atoms with Gasteiger partial charge in [0.15, 0.2) is 5.16 Å². The summed E-state index contributed by atoms with van der Waals surface area (Å²) < 4.78 is 43.3. The lowest BCUT2D eigenvalue weighted by Crippen LogP contribution is -2.39. The molecule has 1 atom stereocenters. The molecule has 0 radical (unpaired) electrons. The second-order valence-electron chi connectivity index (χ2n) is 7.46. The van der Waals surface area contributed by atoms with E-state index in [9.17, 15) is 18.0 Å². The van der Waals surface area contributed by atoms with Gasteiger partial charge in [-0.15, -0.1) is 10.2 Å². The quantitative estimate of drug-likeness (QED) is 0.428. The zero-order chi connectivity index (χ0) is 22.5. The van der Waals surface area contributed by atoms with Gasteiger partial charge in [0, 0.05) is 36.6 Å². The van der Waals surface area contributed by atoms with Gasteiger partial charge in [0.05, 0.1) is 0 Å². The molecule has 8 nitrogen and oxygen atoms in total. The summed E-state index contributed by atoms with van der Waals surface area (Å²) in [6, 6.07) is 6.58. The lowest BCUT2D eigenvalue weighted by molar-refractivity contribution is -0.156. The second-order valence-corrected chi connectivity index (χ2v) is 8.23. The summed E-state index contributed by atoms with van der Waals surface area (Å²) in [6.07, 6.45) is 0.574. The number of thioether (sulfide) groups is 1. The van der Waals surface area contributed by atoms with Crippen molar-refractivity contribution in [2.45, 2.75) is 30.2 Å². The Labute approximate surface area is 184 Å². The summed E-state index contributed by atoms with van der Waals surface area (Å²) in [7, 11) is 0. The van der Waals surface area contributed by atoms with E-state index in [2.05, 4.69) is 25.1 Å². The molecule has 1 saturated heterocycles. The van der Waals surface area contributed by atoms with Crippen LogP contribution < -0.4 is 9.80 Å². The molecule has 2 aliphatic heterocycles. The maximum atomic E-state index is 13.5. The number of carbonyl (C=O) groups excluding carboxylic acids is 1. The number of hydrogen-bond donors (Lipinski definition) is 0. The van der Waals surface area contributed by atoms with Crippen molar-refractivity contribution >= 4 is 29.2 Å². The van der Waals surface area contributed by atoms with Gasteiger partial charge in [-0.1, -0.05) is 17.8 Å². The molecule has 1 amide bonds. The normalized spacial score (nSPS) is 18.5. The SMILES string of the molecule is CSc1ncc2c(n1)N1CCC[C@H]1CN(c1cccc(-c3nnc(C(F)(F)F)o3)c1)C2=O. The number of amides is 1. The van der Waals surface area contributed by atoms with Crippen LogP contribution in [0.15, 0.2) is 40.0 Å². The van der Waals surface area contributed by atoms with E-state index in [0.29, 0.717) is 34.3 Å². The summed E-state index contributed by atoms with van der Waals surface area (Å²) >= 11 is 1.41. The molecule has 2 aromatic heterocycles. The van der Waals surface area contributed by atoms with Crippen LogP contribution >= 0.6 is 11.8 Å². The van der Waals surface area contributed by atoms with Crippen LogP contribution in [0.3, 0.4) is 0 Å². The van der Waals surface area contributed by atoms with Crippen LogP contribution in [0.4, 0.5) is 24.7 Å². The van der Waals surface area contributed by atoms with E-state index in [1.54, 1.807) is 35.4 Å². The Balaban J connectivity index is 1.54. The van der Waals surface area contributed by atoms with Gasteiger partial charge in [0.1, 0.15) is 11.4 Å². The number of nitrogens with zero attached hydrogens (tertiary/aromatic N) is 6. The number of aromatic nitrogens is 4. The monoisotopic (exact) mass is 462 g/mol. The molecular weight excluding hydrogens is 445 g/mol. The van der Waals surface area contributed by atoms with Gasteiger partial charge >= 0.3 is 12.1 Å². The first-order valence-corrected chi connectivity index (χ1v) is 11.1. The van der Waals surface area contributed by atoms with Crippen LogP contribution in [-0.2, 0) is 6.18 Å². The molecule has 3 aromatic rings. The molecule has 0 unspecified atom stereocenters. The molecule has 2 aliphatic rings. The molecule has 0 saturated carbocycles. The highest BCUT2D eigenvalue weighted by Gasteiger charge is 2.39. The van der Waals surface area contributed by atoms with Crippen molar-refractivity contribution in [2.75, 3.05) is 29.1 Å². The Bertz CT molecular complexity index is 1180. The molecule has 1 fully saturated rings. The third-order valence-electron chi connectivity index (χ3n) is 5.52. The van der Waals surface area contributed by atoms with E-state index in [0.717, 1.165) is 19.4 Å². The fourth-order valence-electron chi connectivity index (χ4n) is 4.05. The number of anilines is 2. The van der Waals surface area contributed by atoms with Crippen molar-refractivity contribution in [3.05, 3.63) is 41.9 Å². The van der Waals surface area contributed by atoms with Gasteiger partial charge in [0.2, 0.25) is 5.89 Å². The van der Waals surface area contributed by atoms with Gasteiger partial charge in [0.25, 0.3) is 5.91 Å². The number of rotatable bonds is 3. The number of benzene rings is 1. The van der Waals surface area contributed by atoms with Crippen molar-refractivity contribution in [3.63, 3.8) is 0 Å². The Morgan fingerprint density at radius 1 is 1.25 bits per heavy atom. The molecule has 4 heterocycles. The maximum Gasteiger partial charge on any atom is 0.470 e. The van der Waals surface area contributed by atoms with E-state index in [1.165, 1.54) is 11.8 Å². The van der Waals surface area contributed by atoms with Gasteiger partial charge in [-0.25, -0.2) is 9.97 Å². The topological polar surface area (TPSA) is 88.2 Å². The third-order valence-corrected chi connectivity index (χ3v) is 6.08. The minimum atomic E-state index is -4.73. The fourth-order valence-corrected chi connectivity index (χ4v) is 4.39. The summed E-state index contributed by atoms with van der Waals surface area (Å²) in [5.74, 6) is -1.32. The average molecular weight is 462 g/mol. The zero-order valence-electron chi connectivity index (χ0n) is 16.8. The van der Waals surface area contributed by atoms with Crippen LogP contribution in [0.2, 0.25) is 0 Å². The minimum absolute atomic E-state index is 0.0775. The van der Waals surface area contributed by atoms with Crippen LogP contribution in [0.1, 0.15) is 29.1 Å². The van der Waals surface area contributed by atoms with Gasteiger partial charge in [-0.05, 0) is 37.3 Å². The van der Waals surface area contributed by atoms with E-state index in [-0.39, 0.29) is 17.8 Å². The lowest BCUT2D eigenvalue weighted by Gasteiger charge is -2.27. The van der Waals surface area contributed by atoms with Crippen LogP contribution in [0, 0.1) is 0 Å². The highest BCUT2D eigenvalue weighted by atomic mass is 32.2. The van der Waals surface area contributed by atoms with E-state index >= 15 is 0 Å². The molecule has 12 heteroatoms. The summed E-state index contributed by atoms with van der Waals surface area (Å²) in [5.41, 5.74) is 1.21. The highest BCUT2D eigenvalue weighted by molar-refractivity contribution is 7.98. The first kappa shape index (κ1) is 20.7. The summed E-state index contributed by atoms with van der Waals surface area (Å²) in [5, 5.41) is 7.18. The standard InChI is InChI=1S/C20H17F3N6O2S/c1-32-19-24-9-14-15(25-19)28-7-3-6-13(28)10-29(17(14)30)12-5-2-4-11(8-12)16-26-27-18(31-16)20(21,22)23/h2,4-5,8-9,13H,3,6-7,10H2,1H3/t13-/m0/s1. The average Bonchev–Trinajstić information content (AvgIpc) is 3.44. The molecule has 0 bridgehead atoms. The van der Waals surface area contributed by atoms with Crippen LogP contribution in [-0.4, -0.2) is 51.5 Å². The predicted molar refractivity (Wildman–Crippen MR) is 111 cm³/mol. The number of fused-ring (bicyclic) bond motifs is 3. The Hall–Kier alpha value is -3.15. The van der Waals surface area contributed by atoms with E-state index in [1.807, 2.05) is 6.26 Å². The first-order chi connectivity index (χ1) is 15.3. The first-order valence-electron chi connectivity index (χ1n) is 9.86. The Morgan fingerprint density at radius 3 is 2.84 bits per heavy atom. The highest BCUT2D eigenvalue weighted by Crippen LogP contribution is 2.36. The van der Waals surface area contributed by atoms with Gasteiger partial charge in [-0.3, -0.25) is 4.79 Å². The van der Waals surface area contributed by atoms with Crippen molar-refractivity contribution in [1.82, 2.24) is 20.2 Å². The number of hydrogen-bond acceptors (Lipinski definition) is 8. The molecule has 0 spiro atoms. The smallest absolute Gasteiger partial charge is 0.413 e. The molecular formula is C20H17F3N6O2S. The van der Waals surface area contributed by atoms with Crippen LogP contribution in [0.5, 0.6) is 0 Å². The summed E-state index contributed by atoms with van der Waals surface area (Å²) in [4.78, 5) is 26.1.